The van der Waals surface area contributed by atoms with E-state index in [1.807, 2.05) is 6.92 Å². The maximum absolute atomic E-state index is 13.2. The second-order valence-corrected chi connectivity index (χ2v) is 8.66. The summed E-state index contributed by atoms with van der Waals surface area (Å²) in [4.78, 5) is 25.7. The Morgan fingerprint density at radius 1 is 1.17 bits per heavy atom. The second kappa shape index (κ2) is 9.86. The Bertz CT molecular complexity index is 1040. The number of ketones is 1. The smallest absolute Gasteiger partial charge is 0.355 e. The zero-order chi connectivity index (χ0) is 22.5. The van der Waals surface area contributed by atoms with Gasteiger partial charge in [0.05, 0.1) is 18.0 Å². The number of sulfonamides is 1. The SMILES string of the molecule is C=CCN(CC(=O)c1c(C)c(C(=O)OCC)n(CC)c1C)S(=O)(=O)c1ccccc1. The number of aromatic nitrogens is 1. The minimum atomic E-state index is -3.88. The van der Waals surface area contributed by atoms with Crippen LogP contribution in [-0.2, 0) is 21.3 Å². The molecule has 8 heteroatoms. The first kappa shape index (κ1) is 23.6. The molecule has 0 saturated carbocycles. The molecule has 0 unspecified atom stereocenters. The molecule has 0 aliphatic heterocycles. The zero-order valence-corrected chi connectivity index (χ0v) is 18.7. The van der Waals surface area contributed by atoms with Crippen molar-refractivity contribution in [3.05, 3.63) is 65.5 Å². The molecule has 0 N–H and O–H groups in total. The highest BCUT2D eigenvalue weighted by Crippen LogP contribution is 2.25. The fraction of sp³-hybridized carbons (Fsp3) is 0.364. The molecule has 0 fully saturated rings. The van der Waals surface area contributed by atoms with Gasteiger partial charge < -0.3 is 9.30 Å². The van der Waals surface area contributed by atoms with E-state index in [0.717, 1.165) is 4.31 Å². The summed E-state index contributed by atoms with van der Waals surface area (Å²) in [5, 5.41) is 0. The van der Waals surface area contributed by atoms with Gasteiger partial charge >= 0.3 is 5.97 Å². The average molecular weight is 433 g/mol. The molecule has 0 bridgehead atoms. The second-order valence-electron chi connectivity index (χ2n) is 6.72. The topological polar surface area (TPSA) is 85.7 Å². The summed E-state index contributed by atoms with van der Waals surface area (Å²) in [5.41, 5.74) is 1.77. The molecule has 2 aromatic rings. The van der Waals surface area contributed by atoms with Crippen molar-refractivity contribution >= 4 is 21.8 Å². The minimum Gasteiger partial charge on any atom is -0.461 e. The fourth-order valence-electron chi connectivity index (χ4n) is 3.54. The summed E-state index contributed by atoms with van der Waals surface area (Å²) in [6.07, 6.45) is 1.44. The fourth-order valence-corrected chi connectivity index (χ4v) is 4.92. The number of hydrogen-bond acceptors (Lipinski definition) is 5. The molecule has 0 aliphatic carbocycles. The summed E-state index contributed by atoms with van der Waals surface area (Å²) in [6.45, 7) is 11.0. The molecule has 30 heavy (non-hydrogen) atoms. The largest absolute Gasteiger partial charge is 0.461 e. The van der Waals surface area contributed by atoms with E-state index in [-0.39, 0.29) is 30.4 Å². The van der Waals surface area contributed by atoms with Crippen molar-refractivity contribution in [2.75, 3.05) is 19.7 Å². The predicted octanol–water partition coefficient (Wildman–Crippen LogP) is 3.36. The van der Waals surface area contributed by atoms with Crippen molar-refractivity contribution in [2.45, 2.75) is 39.1 Å². The van der Waals surface area contributed by atoms with Crippen molar-refractivity contribution in [1.82, 2.24) is 8.87 Å². The number of carbonyl (C=O) groups is 2. The van der Waals surface area contributed by atoms with Crippen LogP contribution in [0.4, 0.5) is 0 Å². The Labute approximate surface area is 178 Å². The highest BCUT2D eigenvalue weighted by Gasteiger charge is 2.30. The first-order valence-electron chi connectivity index (χ1n) is 9.76. The van der Waals surface area contributed by atoms with Gasteiger partial charge in [0.15, 0.2) is 5.78 Å². The molecule has 1 heterocycles. The summed E-state index contributed by atoms with van der Waals surface area (Å²) in [5.74, 6) is -0.886. The highest BCUT2D eigenvalue weighted by atomic mass is 32.2. The van der Waals surface area contributed by atoms with Gasteiger partial charge in [-0.1, -0.05) is 24.3 Å². The van der Waals surface area contributed by atoms with Crippen LogP contribution < -0.4 is 0 Å². The maximum Gasteiger partial charge on any atom is 0.355 e. The van der Waals surface area contributed by atoms with Gasteiger partial charge in [-0.05, 0) is 45.4 Å². The maximum atomic E-state index is 13.2. The molecular weight excluding hydrogens is 404 g/mol. The monoisotopic (exact) mass is 432 g/mol. The predicted molar refractivity (Wildman–Crippen MR) is 115 cm³/mol. The molecule has 1 aromatic heterocycles. The van der Waals surface area contributed by atoms with Crippen LogP contribution in [0.25, 0.3) is 0 Å². The van der Waals surface area contributed by atoms with Gasteiger partial charge in [-0.15, -0.1) is 6.58 Å². The average Bonchev–Trinajstić information content (AvgIpc) is 2.97. The number of nitrogens with zero attached hydrogens (tertiary/aromatic N) is 2. The van der Waals surface area contributed by atoms with Crippen LogP contribution in [0.15, 0.2) is 47.9 Å². The van der Waals surface area contributed by atoms with E-state index in [0.29, 0.717) is 29.1 Å². The summed E-state index contributed by atoms with van der Waals surface area (Å²) in [6, 6.07) is 7.95. The molecule has 2 rings (SSSR count). The number of carbonyl (C=O) groups excluding carboxylic acids is 2. The first-order valence-corrected chi connectivity index (χ1v) is 11.2. The molecule has 7 nitrogen and oxygen atoms in total. The lowest BCUT2D eigenvalue weighted by molar-refractivity contribution is 0.0512. The summed E-state index contributed by atoms with van der Waals surface area (Å²) < 4.78 is 34.0. The number of benzene rings is 1. The Morgan fingerprint density at radius 3 is 2.33 bits per heavy atom. The number of esters is 1. The number of Topliss-reactive ketones (excluding diaryl/α,β-unsaturated/α-hetero) is 1. The van der Waals surface area contributed by atoms with Crippen molar-refractivity contribution in [1.29, 1.82) is 0 Å². The quantitative estimate of drug-likeness (QED) is 0.326. The van der Waals surface area contributed by atoms with Gasteiger partial charge in [-0.3, -0.25) is 4.79 Å². The molecule has 0 atom stereocenters. The minimum absolute atomic E-state index is 0.0136. The molecule has 0 amide bonds. The number of rotatable bonds is 10. The number of ether oxygens (including phenoxy) is 1. The van der Waals surface area contributed by atoms with Crippen molar-refractivity contribution in [2.24, 2.45) is 0 Å². The summed E-state index contributed by atoms with van der Waals surface area (Å²) >= 11 is 0. The van der Waals surface area contributed by atoms with Gasteiger partial charge in [-0.25, -0.2) is 13.2 Å². The van der Waals surface area contributed by atoms with Crippen molar-refractivity contribution in [3.8, 4) is 0 Å². The molecule has 0 aliphatic rings. The lowest BCUT2D eigenvalue weighted by Gasteiger charge is -2.20. The van der Waals surface area contributed by atoms with E-state index in [4.69, 9.17) is 4.74 Å². The highest BCUT2D eigenvalue weighted by molar-refractivity contribution is 7.89. The van der Waals surface area contributed by atoms with Crippen LogP contribution in [0.3, 0.4) is 0 Å². The third-order valence-electron chi connectivity index (χ3n) is 4.86. The first-order chi connectivity index (χ1) is 14.2. The molecule has 0 saturated heterocycles. The van der Waals surface area contributed by atoms with E-state index < -0.39 is 16.0 Å². The summed E-state index contributed by atoms with van der Waals surface area (Å²) in [7, 11) is -3.88. The lowest BCUT2D eigenvalue weighted by Crippen LogP contribution is -2.36. The van der Waals surface area contributed by atoms with Gasteiger partial charge in [0.2, 0.25) is 10.0 Å². The molecule has 0 radical (unpaired) electrons. The molecule has 1 aromatic carbocycles. The van der Waals surface area contributed by atoms with E-state index >= 15 is 0 Å². The van der Waals surface area contributed by atoms with Crippen LogP contribution in [0, 0.1) is 13.8 Å². The third kappa shape index (κ3) is 4.55. The van der Waals surface area contributed by atoms with Crippen LogP contribution >= 0.6 is 0 Å². The van der Waals surface area contributed by atoms with E-state index in [2.05, 4.69) is 6.58 Å². The zero-order valence-electron chi connectivity index (χ0n) is 17.8. The van der Waals surface area contributed by atoms with E-state index in [1.54, 1.807) is 43.5 Å². The lowest BCUT2D eigenvalue weighted by atomic mass is 10.1. The van der Waals surface area contributed by atoms with Gasteiger partial charge in [0.25, 0.3) is 0 Å². The Hall–Kier alpha value is -2.71. The van der Waals surface area contributed by atoms with Gasteiger partial charge in [0, 0.05) is 24.3 Å². The van der Waals surface area contributed by atoms with Gasteiger partial charge in [0.1, 0.15) is 5.69 Å². The Balaban J connectivity index is 2.47. The van der Waals surface area contributed by atoms with Crippen LogP contribution in [-0.4, -0.2) is 48.7 Å². The van der Waals surface area contributed by atoms with Crippen LogP contribution in [0.5, 0.6) is 0 Å². The third-order valence-corrected chi connectivity index (χ3v) is 6.69. The molecule has 0 spiro atoms. The molecular formula is C22H28N2O5S. The molecule has 162 valence electrons. The Morgan fingerprint density at radius 2 is 1.80 bits per heavy atom. The van der Waals surface area contributed by atoms with Crippen molar-refractivity contribution < 1.29 is 22.7 Å². The van der Waals surface area contributed by atoms with Crippen LogP contribution in [0.1, 0.15) is 46.0 Å². The van der Waals surface area contributed by atoms with E-state index in [1.165, 1.54) is 18.2 Å². The van der Waals surface area contributed by atoms with E-state index in [9.17, 15) is 18.0 Å². The van der Waals surface area contributed by atoms with Crippen LogP contribution in [0.2, 0.25) is 0 Å². The Kier molecular flexibility index (Phi) is 7.75. The van der Waals surface area contributed by atoms with Gasteiger partial charge in [-0.2, -0.15) is 4.31 Å². The van der Waals surface area contributed by atoms with Crippen molar-refractivity contribution in [3.63, 3.8) is 0 Å². The normalized spacial score (nSPS) is 11.5. The standard InChI is InChI=1S/C22H28N2O5S/c1-6-14-23(30(27,28)18-12-10-9-11-13-18)15-19(25)20-16(4)21(22(26)29-8-3)24(7-2)17(20)5/h6,9-13H,1,7-8,14-15H2,2-5H3. The number of hydrogen-bond donors (Lipinski definition) is 0.